The van der Waals surface area contributed by atoms with E-state index in [1.54, 1.807) is 13.3 Å². The van der Waals surface area contributed by atoms with Crippen LogP contribution in [-0.4, -0.2) is 12.1 Å². The third-order valence-electron chi connectivity index (χ3n) is 1.04. The first-order valence-electron chi connectivity index (χ1n) is 3.00. The number of nitrogens with one attached hydrogen (secondary N) is 1. The van der Waals surface area contributed by atoms with Crippen molar-refractivity contribution in [1.82, 2.24) is 10.5 Å². The van der Waals surface area contributed by atoms with Crippen molar-refractivity contribution in [1.29, 1.82) is 0 Å². The van der Waals surface area contributed by atoms with Gasteiger partial charge in [-0.25, -0.2) is 4.98 Å². The Kier molecular flexibility index (Phi) is 2.42. The Morgan fingerprint density at radius 3 is 3.10 bits per heavy atom. The molecule has 0 amide bonds. The zero-order valence-corrected chi connectivity index (χ0v) is 6.05. The highest BCUT2D eigenvalue weighted by Crippen LogP contribution is 1.99. The van der Waals surface area contributed by atoms with E-state index in [0.717, 1.165) is 5.76 Å². The van der Waals surface area contributed by atoms with E-state index in [1.807, 2.05) is 6.92 Å². The van der Waals surface area contributed by atoms with E-state index in [4.69, 9.17) is 4.42 Å². The molecule has 0 saturated carbocycles. The predicted molar refractivity (Wildman–Crippen MR) is 35.1 cm³/mol. The lowest BCUT2D eigenvalue weighted by Crippen LogP contribution is -2.10. The summed E-state index contributed by atoms with van der Waals surface area (Å²) in [6.07, 6.45) is 1.67. The molecule has 1 aromatic heterocycles. The molecule has 1 rings (SSSR count). The third kappa shape index (κ3) is 1.82. The maximum atomic E-state index is 5.13. The Hall–Kier alpha value is -0.870. The molecule has 0 bridgehead atoms. The highest BCUT2D eigenvalue weighted by Gasteiger charge is 1.97. The average Bonchev–Trinajstić information content (AvgIpc) is 2.31. The molecule has 1 N–H and O–H groups in total. The molecule has 4 heteroatoms. The molecule has 10 heavy (non-hydrogen) atoms. The van der Waals surface area contributed by atoms with Gasteiger partial charge in [-0.2, -0.15) is 5.48 Å². The highest BCUT2D eigenvalue weighted by molar-refractivity contribution is 4.89. The van der Waals surface area contributed by atoms with Crippen LogP contribution in [0.3, 0.4) is 0 Å². The van der Waals surface area contributed by atoms with Crippen LogP contribution in [-0.2, 0) is 11.4 Å². The van der Waals surface area contributed by atoms with Crippen LogP contribution < -0.4 is 5.48 Å². The first-order valence-corrected chi connectivity index (χ1v) is 3.00. The monoisotopic (exact) mass is 142 g/mol. The van der Waals surface area contributed by atoms with Crippen molar-refractivity contribution in [3.63, 3.8) is 0 Å². The molecule has 0 spiro atoms. The van der Waals surface area contributed by atoms with Crippen molar-refractivity contribution in [2.45, 2.75) is 13.5 Å². The highest BCUT2D eigenvalue weighted by atomic mass is 16.6. The van der Waals surface area contributed by atoms with Crippen molar-refractivity contribution < 1.29 is 9.25 Å². The fourth-order valence-corrected chi connectivity index (χ4v) is 0.617. The molecule has 0 aliphatic carbocycles. The van der Waals surface area contributed by atoms with E-state index < -0.39 is 0 Å². The van der Waals surface area contributed by atoms with Crippen LogP contribution in [0.5, 0.6) is 0 Å². The second-order valence-corrected chi connectivity index (χ2v) is 1.89. The van der Waals surface area contributed by atoms with Crippen LogP contribution in [0, 0.1) is 6.92 Å². The first kappa shape index (κ1) is 7.24. The number of oxazole rings is 1. The number of hydroxylamine groups is 1. The van der Waals surface area contributed by atoms with Gasteiger partial charge in [0.15, 0.2) is 0 Å². The minimum absolute atomic E-state index is 0.504. The van der Waals surface area contributed by atoms with Gasteiger partial charge in [0.2, 0.25) is 5.89 Å². The van der Waals surface area contributed by atoms with E-state index in [9.17, 15) is 0 Å². The molecule has 0 aliphatic heterocycles. The Balaban J connectivity index is 2.42. The number of hydrogen-bond acceptors (Lipinski definition) is 4. The maximum absolute atomic E-state index is 5.13. The zero-order chi connectivity index (χ0) is 7.40. The normalized spacial score (nSPS) is 10.2. The number of nitrogens with zero attached hydrogens (tertiary/aromatic N) is 1. The first-order chi connectivity index (χ1) is 4.83. The van der Waals surface area contributed by atoms with Gasteiger partial charge < -0.3 is 9.25 Å². The molecule has 0 atom stereocenters. The molecule has 56 valence electrons. The largest absolute Gasteiger partial charge is 0.445 e. The van der Waals surface area contributed by atoms with Crippen LogP contribution in [0.25, 0.3) is 0 Å². The van der Waals surface area contributed by atoms with E-state index in [-0.39, 0.29) is 0 Å². The van der Waals surface area contributed by atoms with E-state index in [1.165, 1.54) is 0 Å². The average molecular weight is 142 g/mol. The summed E-state index contributed by atoms with van der Waals surface area (Å²) in [5.41, 5.74) is 2.62. The SMILES string of the molecule is CONCc1ncc(C)o1. The van der Waals surface area contributed by atoms with Crippen LogP contribution >= 0.6 is 0 Å². The lowest BCUT2D eigenvalue weighted by atomic mass is 10.6. The minimum atomic E-state index is 0.504. The molecule has 1 aromatic rings. The summed E-state index contributed by atoms with van der Waals surface area (Å²) >= 11 is 0. The fourth-order valence-electron chi connectivity index (χ4n) is 0.617. The van der Waals surface area contributed by atoms with Crippen molar-refractivity contribution in [3.05, 3.63) is 17.8 Å². The summed E-state index contributed by atoms with van der Waals surface area (Å²) in [7, 11) is 1.55. The molecule has 1 heterocycles. The predicted octanol–water partition coefficient (Wildman–Crippen LogP) is 0.634. The third-order valence-corrected chi connectivity index (χ3v) is 1.04. The zero-order valence-electron chi connectivity index (χ0n) is 6.05. The van der Waals surface area contributed by atoms with E-state index in [2.05, 4.69) is 15.3 Å². The number of aryl methyl sites for hydroxylation is 1. The Morgan fingerprint density at radius 1 is 1.80 bits per heavy atom. The number of aromatic nitrogens is 1. The van der Waals surface area contributed by atoms with Crippen molar-refractivity contribution in [3.8, 4) is 0 Å². The van der Waals surface area contributed by atoms with Gasteiger partial charge in [0, 0.05) is 0 Å². The van der Waals surface area contributed by atoms with Crippen LogP contribution in [0.15, 0.2) is 10.6 Å². The summed E-state index contributed by atoms with van der Waals surface area (Å²) in [4.78, 5) is 8.55. The summed E-state index contributed by atoms with van der Waals surface area (Å²) < 4.78 is 5.13. The fraction of sp³-hybridized carbons (Fsp3) is 0.500. The smallest absolute Gasteiger partial charge is 0.210 e. The molecular formula is C6H10N2O2. The molecule has 0 saturated heterocycles. The lowest BCUT2D eigenvalue weighted by molar-refractivity contribution is 0.0804. The van der Waals surface area contributed by atoms with Crippen LogP contribution in [0.2, 0.25) is 0 Å². The van der Waals surface area contributed by atoms with Crippen LogP contribution in [0.4, 0.5) is 0 Å². The topological polar surface area (TPSA) is 47.3 Å². The Bertz CT molecular complexity index is 197. The summed E-state index contributed by atoms with van der Waals surface area (Å²) in [5, 5.41) is 0. The Morgan fingerprint density at radius 2 is 2.60 bits per heavy atom. The van der Waals surface area contributed by atoms with Gasteiger partial charge in [-0.3, -0.25) is 0 Å². The standard InChI is InChI=1S/C6H10N2O2/c1-5-3-7-6(10-5)4-8-9-2/h3,8H,4H2,1-2H3. The van der Waals surface area contributed by atoms with Crippen LogP contribution in [0.1, 0.15) is 11.7 Å². The Labute approximate surface area is 59.2 Å². The van der Waals surface area contributed by atoms with E-state index >= 15 is 0 Å². The lowest BCUT2D eigenvalue weighted by Gasteiger charge is -1.94. The van der Waals surface area contributed by atoms with Gasteiger partial charge in [0.05, 0.1) is 19.9 Å². The van der Waals surface area contributed by atoms with Crippen molar-refractivity contribution in [2.24, 2.45) is 0 Å². The van der Waals surface area contributed by atoms with Crippen molar-refractivity contribution >= 4 is 0 Å². The van der Waals surface area contributed by atoms with Gasteiger partial charge in [-0.15, -0.1) is 0 Å². The molecule has 0 aliphatic rings. The number of rotatable bonds is 3. The molecule has 0 fully saturated rings. The van der Waals surface area contributed by atoms with Gasteiger partial charge in [-0.1, -0.05) is 0 Å². The van der Waals surface area contributed by atoms with E-state index in [0.29, 0.717) is 12.4 Å². The van der Waals surface area contributed by atoms with Gasteiger partial charge in [0.1, 0.15) is 5.76 Å². The maximum Gasteiger partial charge on any atom is 0.210 e. The summed E-state index contributed by atoms with van der Waals surface area (Å²) in [6, 6.07) is 0. The van der Waals surface area contributed by atoms with Gasteiger partial charge in [-0.05, 0) is 6.92 Å². The molecule has 0 unspecified atom stereocenters. The van der Waals surface area contributed by atoms with Gasteiger partial charge in [0.25, 0.3) is 0 Å². The molecule has 0 radical (unpaired) electrons. The second-order valence-electron chi connectivity index (χ2n) is 1.89. The summed E-state index contributed by atoms with van der Waals surface area (Å²) in [5.74, 6) is 1.45. The minimum Gasteiger partial charge on any atom is -0.445 e. The quantitative estimate of drug-likeness (QED) is 0.629. The molecule has 0 aromatic carbocycles. The summed E-state index contributed by atoms with van der Waals surface area (Å²) in [6.45, 7) is 2.35. The van der Waals surface area contributed by atoms with Gasteiger partial charge >= 0.3 is 0 Å². The molecule has 4 nitrogen and oxygen atoms in total. The second kappa shape index (κ2) is 3.34. The molecular weight excluding hydrogens is 132 g/mol. The number of hydrogen-bond donors (Lipinski definition) is 1. The van der Waals surface area contributed by atoms with Crippen molar-refractivity contribution in [2.75, 3.05) is 7.11 Å².